The van der Waals surface area contributed by atoms with Crippen LogP contribution in [0.3, 0.4) is 0 Å². The average Bonchev–Trinajstić information content (AvgIpc) is 2.69. The summed E-state index contributed by atoms with van der Waals surface area (Å²) in [5.74, 6) is 3.35. The lowest BCUT2D eigenvalue weighted by Gasteiger charge is -2.31. The quantitative estimate of drug-likeness (QED) is 0.814. The summed E-state index contributed by atoms with van der Waals surface area (Å²) in [5.41, 5.74) is -0.364. The Morgan fingerprint density at radius 1 is 1.33 bits per heavy atom. The molecule has 0 aromatic rings. The number of hydrogen-bond acceptors (Lipinski definition) is 4. The van der Waals surface area contributed by atoms with Crippen molar-refractivity contribution >= 4 is 17.7 Å². The molecule has 0 radical (unpaired) electrons. The van der Waals surface area contributed by atoms with Crippen molar-refractivity contribution in [3.8, 4) is 0 Å². The van der Waals surface area contributed by atoms with E-state index in [-0.39, 0.29) is 11.7 Å². The third-order valence-electron chi connectivity index (χ3n) is 4.76. The Labute approximate surface area is 134 Å². The largest absolute Gasteiger partial charge is 0.324 e. The van der Waals surface area contributed by atoms with Crippen molar-refractivity contribution < 1.29 is 4.79 Å². The molecular formula is C16H31N3OS. The molecule has 4 nitrogen and oxygen atoms in total. The number of nitrogens with zero attached hydrogens (tertiary/aromatic N) is 2. The molecule has 2 fully saturated rings. The standard InChI is InChI=1S/C16H31N3OS/c1-5-16(4)15(20)19(14(17-16)12-13(2)3)7-6-18-8-10-21-11-9-18/h13-14,17H,5-12H2,1-4H3. The molecular weight excluding hydrogens is 282 g/mol. The zero-order chi connectivity index (χ0) is 15.5. The van der Waals surface area contributed by atoms with Gasteiger partial charge in [0.15, 0.2) is 0 Å². The van der Waals surface area contributed by atoms with E-state index in [9.17, 15) is 4.79 Å². The first-order chi connectivity index (χ1) is 9.96. The summed E-state index contributed by atoms with van der Waals surface area (Å²) in [4.78, 5) is 17.4. The lowest BCUT2D eigenvalue weighted by atomic mass is 9.99. The van der Waals surface area contributed by atoms with E-state index in [2.05, 4.69) is 42.8 Å². The van der Waals surface area contributed by atoms with Gasteiger partial charge in [-0.05, 0) is 25.7 Å². The molecule has 2 rings (SSSR count). The Bertz CT molecular complexity index is 357. The summed E-state index contributed by atoms with van der Waals surface area (Å²) in [6, 6.07) is 0. The fourth-order valence-electron chi connectivity index (χ4n) is 3.18. The fraction of sp³-hybridized carbons (Fsp3) is 0.938. The Morgan fingerprint density at radius 3 is 2.57 bits per heavy atom. The Kier molecular flexibility index (Phi) is 5.97. The third-order valence-corrected chi connectivity index (χ3v) is 5.70. The molecule has 0 aromatic carbocycles. The van der Waals surface area contributed by atoms with Gasteiger partial charge in [-0.3, -0.25) is 15.0 Å². The molecule has 2 aliphatic rings. The number of carbonyl (C=O) groups excluding carboxylic acids is 1. The van der Waals surface area contributed by atoms with Crippen LogP contribution in [0.1, 0.15) is 40.5 Å². The molecule has 122 valence electrons. The van der Waals surface area contributed by atoms with Gasteiger partial charge in [0.1, 0.15) is 0 Å². The second-order valence-corrected chi connectivity index (χ2v) is 8.15. The minimum atomic E-state index is -0.364. The first-order valence-corrected chi connectivity index (χ1v) is 9.50. The fourth-order valence-corrected chi connectivity index (χ4v) is 4.16. The molecule has 0 spiro atoms. The summed E-state index contributed by atoms with van der Waals surface area (Å²) < 4.78 is 0. The van der Waals surface area contributed by atoms with E-state index in [1.807, 2.05) is 11.8 Å². The average molecular weight is 314 g/mol. The zero-order valence-electron chi connectivity index (χ0n) is 14.0. The van der Waals surface area contributed by atoms with E-state index >= 15 is 0 Å². The molecule has 2 atom stereocenters. The maximum absolute atomic E-state index is 12.8. The van der Waals surface area contributed by atoms with Crippen LogP contribution in [0, 0.1) is 5.92 Å². The number of rotatable bonds is 6. The number of nitrogens with one attached hydrogen (secondary N) is 1. The number of thioether (sulfide) groups is 1. The van der Waals surface area contributed by atoms with Gasteiger partial charge in [0.25, 0.3) is 0 Å². The topological polar surface area (TPSA) is 35.6 Å². The second kappa shape index (κ2) is 7.34. The highest BCUT2D eigenvalue weighted by molar-refractivity contribution is 7.99. The lowest BCUT2D eigenvalue weighted by molar-refractivity contribution is -0.133. The molecule has 2 aliphatic heterocycles. The highest BCUT2D eigenvalue weighted by atomic mass is 32.2. The van der Waals surface area contributed by atoms with Gasteiger partial charge in [-0.15, -0.1) is 0 Å². The van der Waals surface area contributed by atoms with Crippen LogP contribution < -0.4 is 5.32 Å². The molecule has 2 unspecified atom stereocenters. The Balaban J connectivity index is 1.97. The van der Waals surface area contributed by atoms with Crippen LogP contribution in [-0.4, -0.2) is 65.1 Å². The highest BCUT2D eigenvalue weighted by Gasteiger charge is 2.46. The molecule has 5 heteroatoms. The smallest absolute Gasteiger partial charge is 0.243 e. The van der Waals surface area contributed by atoms with Crippen molar-refractivity contribution in [2.45, 2.75) is 52.2 Å². The third kappa shape index (κ3) is 4.14. The van der Waals surface area contributed by atoms with Crippen LogP contribution in [0.25, 0.3) is 0 Å². The molecule has 0 aliphatic carbocycles. The van der Waals surface area contributed by atoms with E-state index in [1.54, 1.807) is 0 Å². The van der Waals surface area contributed by atoms with Gasteiger partial charge < -0.3 is 4.90 Å². The molecule has 2 heterocycles. The zero-order valence-corrected chi connectivity index (χ0v) is 14.8. The van der Waals surface area contributed by atoms with Crippen molar-refractivity contribution in [2.24, 2.45) is 5.92 Å². The predicted molar refractivity (Wildman–Crippen MR) is 90.6 cm³/mol. The van der Waals surface area contributed by atoms with Gasteiger partial charge in [-0.1, -0.05) is 20.8 Å². The summed E-state index contributed by atoms with van der Waals surface area (Å²) in [6.07, 6.45) is 2.11. The van der Waals surface area contributed by atoms with Crippen molar-refractivity contribution in [1.29, 1.82) is 0 Å². The SMILES string of the molecule is CCC1(C)NC(CC(C)C)N(CCN2CCSCC2)C1=O. The molecule has 1 N–H and O–H groups in total. The molecule has 0 bridgehead atoms. The molecule has 2 saturated heterocycles. The maximum atomic E-state index is 12.8. The molecule has 0 aromatic heterocycles. The molecule has 1 amide bonds. The van der Waals surface area contributed by atoms with E-state index in [0.717, 1.165) is 25.9 Å². The van der Waals surface area contributed by atoms with Crippen LogP contribution in [0.15, 0.2) is 0 Å². The van der Waals surface area contributed by atoms with E-state index in [0.29, 0.717) is 11.8 Å². The number of amides is 1. The summed E-state index contributed by atoms with van der Waals surface area (Å²) in [6.45, 7) is 12.8. The van der Waals surface area contributed by atoms with Gasteiger partial charge in [-0.25, -0.2) is 0 Å². The van der Waals surface area contributed by atoms with Gasteiger partial charge in [0.2, 0.25) is 5.91 Å². The summed E-state index contributed by atoms with van der Waals surface area (Å²) in [7, 11) is 0. The first kappa shape index (κ1) is 17.1. The van der Waals surface area contributed by atoms with Crippen molar-refractivity contribution in [3.63, 3.8) is 0 Å². The van der Waals surface area contributed by atoms with Crippen molar-refractivity contribution in [2.75, 3.05) is 37.7 Å². The van der Waals surface area contributed by atoms with E-state index < -0.39 is 0 Å². The summed E-state index contributed by atoms with van der Waals surface area (Å²) in [5, 5.41) is 3.59. The van der Waals surface area contributed by atoms with Crippen LogP contribution in [-0.2, 0) is 4.79 Å². The number of carbonyl (C=O) groups is 1. The number of hydrogen-bond donors (Lipinski definition) is 1. The Hall–Kier alpha value is -0.260. The van der Waals surface area contributed by atoms with Crippen molar-refractivity contribution in [3.05, 3.63) is 0 Å². The summed E-state index contributed by atoms with van der Waals surface area (Å²) >= 11 is 2.04. The van der Waals surface area contributed by atoms with E-state index in [1.165, 1.54) is 24.6 Å². The van der Waals surface area contributed by atoms with Crippen molar-refractivity contribution in [1.82, 2.24) is 15.1 Å². The van der Waals surface area contributed by atoms with Gasteiger partial charge in [-0.2, -0.15) is 11.8 Å². The monoisotopic (exact) mass is 313 g/mol. The molecule has 0 saturated carbocycles. The van der Waals surface area contributed by atoms with Crippen LogP contribution in [0.5, 0.6) is 0 Å². The second-order valence-electron chi connectivity index (χ2n) is 6.93. The first-order valence-electron chi connectivity index (χ1n) is 8.35. The van der Waals surface area contributed by atoms with Gasteiger partial charge in [0, 0.05) is 37.7 Å². The van der Waals surface area contributed by atoms with Crippen LogP contribution >= 0.6 is 11.8 Å². The minimum Gasteiger partial charge on any atom is -0.324 e. The maximum Gasteiger partial charge on any atom is 0.243 e. The minimum absolute atomic E-state index is 0.210. The van der Waals surface area contributed by atoms with E-state index in [4.69, 9.17) is 0 Å². The van der Waals surface area contributed by atoms with Gasteiger partial charge >= 0.3 is 0 Å². The van der Waals surface area contributed by atoms with Crippen LogP contribution in [0.2, 0.25) is 0 Å². The normalized spacial score (nSPS) is 31.4. The highest BCUT2D eigenvalue weighted by Crippen LogP contribution is 2.26. The molecule has 21 heavy (non-hydrogen) atoms. The predicted octanol–water partition coefficient (Wildman–Crippen LogP) is 2.01. The van der Waals surface area contributed by atoms with Crippen LogP contribution in [0.4, 0.5) is 0 Å². The Morgan fingerprint density at radius 2 is 2.00 bits per heavy atom. The lowest BCUT2D eigenvalue weighted by Crippen LogP contribution is -2.44. The van der Waals surface area contributed by atoms with Gasteiger partial charge in [0.05, 0.1) is 11.7 Å².